The SMILES string of the molecule is CC(C)NS(=O)(=O)c1ccc(NC(=O)[C@@H]2CCCN2C(=O)c2ccco2)cc1. The molecule has 28 heavy (non-hydrogen) atoms. The molecule has 0 aliphatic carbocycles. The van der Waals surface area contributed by atoms with Crippen molar-refractivity contribution in [3.63, 3.8) is 0 Å². The van der Waals surface area contributed by atoms with Crippen molar-refractivity contribution in [3.8, 4) is 0 Å². The first-order chi connectivity index (χ1) is 13.3. The minimum atomic E-state index is -3.59. The van der Waals surface area contributed by atoms with Gasteiger partial charge in [-0.05, 0) is 63.1 Å². The van der Waals surface area contributed by atoms with Gasteiger partial charge in [-0.2, -0.15) is 0 Å². The number of benzene rings is 1. The number of anilines is 1. The first-order valence-corrected chi connectivity index (χ1v) is 10.5. The number of nitrogens with zero attached hydrogens (tertiary/aromatic N) is 1. The van der Waals surface area contributed by atoms with Gasteiger partial charge in [0.05, 0.1) is 11.2 Å². The van der Waals surface area contributed by atoms with E-state index in [0.717, 1.165) is 6.42 Å². The minimum Gasteiger partial charge on any atom is -0.459 e. The molecule has 1 aliphatic rings. The van der Waals surface area contributed by atoms with Crippen LogP contribution in [0.15, 0.2) is 52.0 Å². The fourth-order valence-electron chi connectivity index (χ4n) is 3.15. The van der Waals surface area contributed by atoms with E-state index in [1.165, 1.54) is 35.4 Å². The molecule has 2 aromatic rings. The number of sulfonamides is 1. The lowest BCUT2D eigenvalue weighted by Crippen LogP contribution is -2.43. The summed E-state index contributed by atoms with van der Waals surface area (Å²) in [4.78, 5) is 26.8. The van der Waals surface area contributed by atoms with Crippen LogP contribution >= 0.6 is 0 Å². The second kappa shape index (κ2) is 8.15. The zero-order chi connectivity index (χ0) is 20.3. The van der Waals surface area contributed by atoms with E-state index in [0.29, 0.717) is 18.7 Å². The highest BCUT2D eigenvalue weighted by atomic mass is 32.2. The number of furan rings is 1. The predicted molar refractivity (Wildman–Crippen MR) is 103 cm³/mol. The van der Waals surface area contributed by atoms with E-state index in [4.69, 9.17) is 4.42 Å². The Morgan fingerprint density at radius 3 is 2.50 bits per heavy atom. The topological polar surface area (TPSA) is 109 Å². The minimum absolute atomic E-state index is 0.120. The van der Waals surface area contributed by atoms with Crippen molar-refractivity contribution in [1.29, 1.82) is 0 Å². The van der Waals surface area contributed by atoms with Crippen LogP contribution in [0.4, 0.5) is 5.69 Å². The van der Waals surface area contributed by atoms with Crippen LogP contribution < -0.4 is 10.0 Å². The summed E-state index contributed by atoms with van der Waals surface area (Å²) in [6, 6.07) is 8.30. The van der Waals surface area contributed by atoms with Crippen LogP contribution in [0.5, 0.6) is 0 Å². The molecule has 3 rings (SSSR count). The molecule has 0 spiro atoms. The molecule has 9 heteroatoms. The summed E-state index contributed by atoms with van der Waals surface area (Å²) in [5, 5.41) is 2.75. The first kappa shape index (κ1) is 20.1. The molecule has 2 heterocycles. The Hall–Kier alpha value is -2.65. The summed E-state index contributed by atoms with van der Waals surface area (Å²) in [5.74, 6) is -0.427. The van der Waals surface area contributed by atoms with E-state index in [-0.39, 0.29) is 28.5 Å². The van der Waals surface area contributed by atoms with E-state index < -0.39 is 16.1 Å². The molecule has 2 N–H and O–H groups in total. The molecule has 1 saturated heterocycles. The third-order valence-corrected chi connectivity index (χ3v) is 6.05. The van der Waals surface area contributed by atoms with Crippen LogP contribution in [0.25, 0.3) is 0 Å². The predicted octanol–water partition coefficient (Wildman–Crippen LogP) is 2.21. The van der Waals surface area contributed by atoms with E-state index in [2.05, 4.69) is 10.0 Å². The van der Waals surface area contributed by atoms with Gasteiger partial charge in [0.2, 0.25) is 15.9 Å². The molecule has 0 saturated carbocycles. The Morgan fingerprint density at radius 2 is 1.89 bits per heavy atom. The first-order valence-electron chi connectivity index (χ1n) is 9.05. The summed E-state index contributed by atoms with van der Waals surface area (Å²) in [5.41, 5.74) is 0.464. The van der Waals surface area contributed by atoms with Crippen molar-refractivity contribution in [1.82, 2.24) is 9.62 Å². The maximum absolute atomic E-state index is 12.7. The van der Waals surface area contributed by atoms with Crippen LogP contribution in [0, 0.1) is 0 Å². The van der Waals surface area contributed by atoms with Gasteiger partial charge in [-0.15, -0.1) is 0 Å². The molecule has 8 nitrogen and oxygen atoms in total. The molecular weight excluding hydrogens is 382 g/mol. The zero-order valence-corrected chi connectivity index (χ0v) is 16.5. The number of amides is 2. The van der Waals surface area contributed by atoms with Crippen molar-refractivity contribution >= 4 is 27.5 Å². The fraction of sp³-hybridized carbons (Fsp3) is 0.368. The number of carbonyl (C=O) groups excluding carboxylic acids is 2. The van der Waals surface area contributed by atoms with Crippen molar-refractivity contribution in [3.05, 3.63) is 48.4 Å². The highest BCUT2D eigenvalue weighted by molar-refractivity contribution is 7.89. The monoisotopic (exact) mass is 405 g/mol. The molecule has 1 aromatic carbocycles. The smallest absolute Gasteiger partial charge is 0.290 e. The van der Waals surface area contributed by atoms with Crippen LogP contribution in [-0.4, -0.2) is 43.8 Å². The Labute approximate surface area is 164 Å². The Balaban J connectivity index is 1.68. The molecule has 150 valence electrons. The van der Waals surface area contributed by atoms with Gasteiger partial charge in [-0.1, -0.05) is 0 Å². The van der Waals surface area contributed by atoms with Gasteiger partial charge in [0, 0.05) is 18.3 Å². The Bertz CT molecular complexity index is 936. The van der Waals surface area contributed by atoms with Crippen LogP contribution in [0.3, 0.4) is 0 Å². The number of nitrogens with one attached hydrogen (secondary N) is 2. The van der Waals surface area contributed by atoms with Gasteiger partial charge >= 0.3 is 0 Å². The summed E-state index contributed by atoms with van der Waals surface area (Å²) in [6.07, 6.45) is 2.70. The zero-order valence-electron chi connectivity index (χ0n) is 15.7. The lowest BCUT2D eigenvalue weighted by Gasteiger charge is -2.23. The number of hydrogen-bond donors (Lipinski definition) is 2. The van der Waals surface area contributed by atoms with E-state index in [1.807, 2.05) is 0 Å². The van der Waals surface area contributed by atoms with E-state index in [1.54, 1.807) is 26.0 Å². The maximum atomic E-state index is 12.7. The third kappa shape index (κ3) is 4.42. The highest BCUT2D eigenvalue weighted by Crippen LogP contribution is 2.22. The lowest BCUT2D eigenvalue weighted by molar-refractivity contribution is -0.119. The van der Waals surface area contributed by atoms with Crippen molar-refractivity contribution in [2.45, 2.75) is 43.7 Å². The van der Waals surface area contributed by atoms with Gasteiger partial charge in [-0.25, -0.2) is 13.1 Å². The summed E-state index contributed by atoms with van der Waals surface area (Å²) < 4.78 is 32.0. The third-order valence-electron chi connectivity index (χ3n) is 4.37. The molecule has 0 radical (unpaired) electrons. The van der Waals surface area contributed by atoms with Crippen molar-refractivity contribution in [2.24, 2.45) is 0 Å². The standard InChI is InChI=1S/C19H23N3O5S/c1-13(2)21-28(25,26)15-9-7-14(8-10-15)20-18(23)16-5-3-11-22(16)19(24)17-6-4-12-27-17/h4,6-10,12-13,16,21H,3,5,11H2,1-2H3,(H,20,23)/t16-/m0/s1. The largest absolute Gasteiger partial charge is 0.459 e. The molecule has 1 fully saturated rings. The normalized spacial score (nSPS) is 17.1. The van der Waals surface area contributed by atoms with Gasteiger partial charge < -0.3 is 14.6 Å². The van der Waals surface area contributed by atoms with Gasteiger partial charge in [0.1, 0.15) is 6.04 Å². The van der Waals surface area contributed by atoms with E-state index in [9.17, 15) is 18.0 Å². The Morgan fingerprint density at radius 1 is 1.18 bits per heavy atom. The highest BCUT2D eigenvalue weighted by Gasteiger charge is 2.35. The fourth-order valence-corrected chi connectivity index (χ4v) is 4.40. The average molecular weight is 405 g/mol. The molecular formula is C19H23N3O5S. The molecule has 0 bridgehead atoms. The number of carbonyl (C=O) groups is 2. The van der Waals surface area contributed by atoms with Crippen LogP contribution in [0.2, 0.25) is 0 Å². The molecule has 0 unspecified atom stereocenters. The van der Waals surface area contributed by atoms with Gasteiger partial charge in [-0.3, -0.25) is 9.59 Å². The second-order valence-electron chi connectivity index (χ2n) is 6.92. The van der Waals surface area contributed by atoms with Gasteiger partial charge in [0.25, 0.3) is 5.91 Å². The molecule has 1 aliphatic heterocycles. The average Bonchev–Trinajstić information content (AvgIpc) is 3.32. The number of rotatable bonds is 6. The quantitative estimate of drug-likeness (QED) is 0.766. The molecule has 1 aromatic heterocycles. The summed E-state index contributed by atoms with van der Waals surface area (Å²) >= 11 is 0. The number of likely N-dealkylation sites (tertiary alicyclic amines) is 1. The summed E-state index contributed by atoms with van der Waals surface area (Å²) in [6.45, 7) is 3.96. The van der Waals surface area contributed by atoms with Crippen molar-refractivity contribution in [2.75, 3.05) is 11.9 Å². The molecule has 2 amide bonds. The second-order valence-corrected chi connectivity index (χ2v) is 8.64. The Kier molecular flexibility index (Phi) is 5.85. The number of hydrogen-bond acceptors (Lipinski definition) is 5. The van der Waals surface area contributed by atoms with Gasteiger partial charge in [0.15, 0.2) is 5.76 Å². The van der Waals surface area contributed by atoms with Crippen LogP contribution in [0.1, 0.15) is 37.2 Å². The van der Waals surface area contributed by atoms with Crippen LogP contribution in [-0.2, 0) is 14.8 Å². The lowest BCUT2D eigenvalue weighted by atomic mass is 10.2. The van der Waals surface area contributed by atoms with Crippen molar-refractivity contribution < 1.29 is 22.4 Å². The molecule has 1 atom stereocenters. The maximum Gasteiger partial charge on any atom is 0.290 e. The van der Waals surface area contributed by atoms with E-state index >= 15 is 0 Å². The summed E-state index contributed by atoms with van der Waals surface area (Å²) in [7, 11) is -3.59.